The van der Waals surface area contributed by atoms with Gasteiger partial charge in [0.2, 0.25) is 0 Å². The quantitative estimate of drug-likeness (QED) is 0.724. The molecule has 0 saturated heterocycles. The fraction of sp³-hybridized carbons (Fsp3) is 0.286. The molecule has 0 spiro atoms. The highest BCUT2D eigenvalue weighted by Crippen LogP contribution is 2.27. The number of nitrogens with zero attached hydrogens (tertiary/aromatic N) is 1. The third-order valence-corrected chi connectivity index (χ3v) is 1.79. The van der Waals surface area contributed by atoms with Crippen LogP contribution in [-0.4, -0.2) is 11.7 Å². The van der Waals surface area contributed by atoms with E-state index in [1.165, 1.54) is 6.07 Å². The van der Waals surface area contributed by atoms with Crippen molar-refractivity contribution < 1.29 is 13.2 Å². The van der Waals surface area contributed by atoms with Crippen molar-refractivity contribution in [3.8, 4) is 0 Å². The van der Waals surface area contributed by atoms with E-state index in [2.05, 4.69) is 20.9 Å². The van der Waals surface area contributed by atoms with Crippen LogP contribution >= 0.6 is 15.9 Å². The summed E-state index contributed by atoms with van der Waals surface area (Å²) in [7, 11) is 0. The van der Waals surface area contributed by atoms with Crippen LogP contribution in [0.3, 0.4) is 0 Å². The highest BCUT2D eigenvalue weighted by molar-refractivity contribution is 9.10. The Balaban J connectivity index is 2.96. The van der Waals surface area contributed by atoms with E-state index in [-0.39, 0.29) is 0 Å². The molecule has 0 aliphatic carbocycles. The van der Waals surface area contributed by atoms with Crippen molar-refractivity contribution in [2.24, 2.45) is 0 Å². The van der Waals surface area contributed by atoms with Crippen LogP contribution in [0.25, 0.3) is 0 Å². The van der Waals surface area contributed by atoms with Crippen molar-refractivity contribution in [2.45, 2.75) is 5.92 Å². The number of rotatable bonds is 2. The standard InChI is InChI=1S/C7H5BrF3N/c8-6-2-1-5(3-12-6)7(10,11)4-9/h1-3H,4H2. The van der Waals surface area contributed by atoms with Gasteiger partial charge in [0.05, 0.1) is 0 Å². The SMILES string of the molecule is FCC(F)(F)c1ccc(Br)nc1. The van der Waals surface area contributed by atoms with E-state index in [4.69, 9.17) is 0 Å². The molecule has 1 aromatic rings. The van der Waals surface area contributed by atoms with Gasteiger partial charge in [0, 0.05) is 11.8 Å². The maximum atomic E-state index is 12.6. The van der Waals surface area contributed by atoms with Crippen LogP contribution in [-0.2, 0) is 5.92 Å². The van der Waals surface area contributed by atoms with Crippen LogP contribution in [0.4, 0.5) is 13.2 Å². The lowest BCUT2D eigenvalue weighted by molar-refractivity contribution is -0.0284. The van der Waals surface area contributed by atoms with E-state index in [0.29, 0.717) is 4.60 Å². The van der Waals surface area contributed by atoms with Crippen LogP contribution < -0.4 is 0 Å². The molecule has 0 amide bonds. The Labute approximate surface area is 75.7 Å². The molecule has 0 aromatic carbocycles. The molecule has 1 rings (SSSR count). The number of alkyl halides is 3. The fourth-order valence-electron chi connectivity index (χ4n) is 0.669. The molecule has 0 atom stereocenters. The molecule has 1 aromatic heterocycles. The fourth-order valence-corrected chi connectivity index (χ4v) is 0.904. The Kier molecular flexibility index (Phi) is 2.72. The number of aromatic nitrogens is 1. The van der Waals surface area contributed by atoms with Gasteiger partial charge in [-0.15, -0.1) is 0 Å². The highest BCUT2D eigenvalue weighted by Gasteiger charge is 2.31. The van der Waals surface area contributed by atoms with E-state index >= 15 is 0 Å². The summed E-state index contributed by atoms with van der Waals surface area (Å²) in [6, 6.07) is 2.48. The Morgan fingerprint density at radius 1 is 1.42 bits per heavy atom. The van der Waals surface area contributed by atoms with Gasteiger partial charge in [-0.05, 0) is 28.1 Å². The van der Waals surface area contributed by atoms with E-state index in [1.54, 1.807) is 0 Å². The highest BCUT2D eigenvalue weighted by atomic mass is 79.9. The molecule has 0 unspecified atom stereocenters. The number of halogens is 4. The summed E-state index contributed by atoms with van der Waals surface area (Å²) in [5.41, 5.74) is -0.409. The summed E-state index contributed by atoms with van der Waals surface area (Å²) >= 11 is 2.98. The largest absolute Gasteiger partial charge is 0.302 e. The third kappa shape index (κ3) is 1.97. The molecule has 0 fully saturated rings. The van der Waals surface area contributed by atoms with E-state index in [1.807, 2.05) is 0 Å². The average Bonchev–Trinajstić information content (AvgIpc) is 2.05. The lowest BCUT2D eigenvalue weighted by atomic mass is 10.2. The molecule has 0 radical (unpaired) electrons. The van der Waals surface area contributed by atoms with Gasteiger partial charge in [-0.25, -0.2) is 9.37 Å². The second-order valence-electron chi connectivity index (χ2n) is 2.21. The minimum Gasteiger partial charge on any atom is -0.249 e. The third-order valence-electron chi connectivity index (χ3n) is 1.32. The molecule has 0 N–H and O–H groups in total. The second kappa shape index (κ2) is 3.43. The normalized spacial score (nSPS) is 11.7. The van der Waals surface area contributed by atoms with Crippen molar-refractivity contribution in [3.05, 3.63) is 28.5 Å². The molecule has 5 heteroatoms. The van der Waals surface area contributed by atoms with Gasteiger partial charge < -0.3 is 0 Å². The van der Waals surface area contributed by atoms with Crippen molar-refractivity contribution in [1.82, 2.24) is 4.98 Å². The van der Waals surface area contributed by atoms with Gasteiger partial charge in [0.25, 0.3) is 0 Å². The first-order valence-electron chi connectivity index (χ1n) is 3.12. The number of pyridine rings is 1. The van der Waals surface area contributed by atoms with Crippen molar-refractivity contribution >= 4 is 15.9 Å². The molecule has 0 saturated carbocycles. The molecule has 0 aliphatic rings. The van der Waals surface area contributed by atoms with Crippen LogP contribution in [0.15, 0.2) is 22.9 Å². The van der Waals surface area contributed by atoms with Gasteiger partial charge in [-0.2, -0.15) is 8.78 Å². The summed E-state index contributed by atoms with van der Waals surface area (Å²) in [5.74, 6) is -3.42. The lowest BCUT2D eigenvalue weighted by Gasteiger charge is -2.10. The van der Waals surface area contributed by atoms with Gasteiger partial charge in [-0.3, -0.25) is 0 Å². The minimum atomic E-state index is -3.42. The number of hydrogen-bond donors (Lipinski definition) is 0. The maximum Gasteiger partial charge on any atom is 0.302 e. The van der Waals surface area contributed by atoms with Crippen LogP contribution in [0.5, 0.6) is 0 Å². The molecule has 12 heavy (non-hydrogen) atoms. The second-order valence-corrected chi connectivity index (χ2v) is 3.02. The molecule has 0 aliphatic heterocycles. The predicted octanol–water partition coefficient (Wildman–Crippen LogP) is 2.91. The van der Waals surface area contributed by atoms with Gasteiger partial charge in [0.15, 0.2) is 6.67 Å². The Morgan fingerprint density at radius 2 is 2.08 bits per heavy atom. The van der Waals surface area contributed by atoms with Crippen LogP contribution in [0.2, 0.25) is 0 Å². The summed E-state index contributed by atoms with van der Waals surface area (Å²) in [6.45, 7) is -1.70. The van der Waals surface area contributed by atoms with Gasteiger partial charge >= 0.3 is 5.92 Å². The van der Waals surface area contributed by atoms with Crippen molar-refractivity contribution in [1.29, 1.82) is 0 Å². The molecular weight excluding hydrogens is 235 g/mol. The first-order chi connectivity index (χ1) is 5.56. The van der Waals surface area contributed by atoms with Crippen LogP contribution in [0.1, 0.15) is 5.56 Å². The Bertz CT molecular complexity index is 260. The average molecular weight is 240 g/mol. The van der Waals surface area contributed by atoms with Gasteiger partial charge in [-0.1, -0.05) is 0 Å². The molecular formula is C7H5BrF3N. The summed E-state index contributed by atoms with van der Waals surface area (Å²) in [4.78, 5) is 3.56. The molecule has 0 bridgehead atoms. The zero-order valence-corrected chi connectivity index (χ0v) is 7.48. The summed E-state index contributed by atoms with van der Waals surface area (Å²) in [6.07, 6.45) is 0.948. The molecule has 1 heterocycles. The van der Waals surface area contributed by atoms with Gasteiger partial charge in [0.1, 0.15) is 4.60 Å². The van der Waals surface area contributed by atoms with Crippen molar-refractivity contribution in [3.63, 3.8) is 0 Å². The monoisotopic (exact) mass is 239 g/mol. The first kappa shape index (κ1) is 9.51. The minimum absolute atomic E-state index is 0.409. The smallest absolute Gasteiger partial charge is 0.249 e. The lowest BCUT2D eigenvalue weighted by Crippen LogP contribution is -2.15. The first-order valence-corrected chi connectivity index (χ1v) is 3.91. The Hall–Kier alpha value is -0.580. The van der Waals surface area contributed by atoms with E-state index in [0.717, 1.165) is 12.3 Å². The van der Waals surface area contributed by atoms with Crippen molar-refractivity contribution in [2.75, 3.05) is 6.67 Å². The van der Waals surface area contributed by atoms with E-state index < -0.39 is 18.2 Å². The molecule has 1 nitrogen and oxygen atoms in total. The number of hydrogen-bond acceptors (Lipinski definition) is 1. The predicted molar refractivity (Wildman–Crippen MR) is 41.8 cm³/mol. The summed E-state index contributed by atoms with van der Waals surface area (Å²) < 4.78 is 37.4. The zero-order valence-electron chi connectivity index (χ0n) is 5.90. The Morgan fingerprint density at radius 3 is 2.50 bits per heavy atom. The molecule has 66 valence electrons. The topological polar surface area (TPSA) is 12.9 Å². The van der Waals surface area contributed by atoms with Crippen LogP contribution in [0, 0.1) is 0 Å². The zero-order chi connectivity index (χ0) is 9.19. The summed E-state index contributed by atoms with van der Waals surface area (Å²) in [5, 5.41) is 0. The van der Waals surface area contributed by atoms with E-state index in [9.17, 15) is 13.2 Å². The maximum absolute atomic E-state index is 12.6.